The maximum atomic E-state index is 13.8. The van der Waals surface area contributed by atoms with Gasteiger partial charge in [0, 0.05) is 23.6 Å². The van der Waals surface area contributed by atoms with Crippen LogP contribution in [0.5, 0.6) is 11.5 Å². The summed E-state index contributed by atoms with van der Waals surface area (Å²) in [6.45, 7) is 7.27. The Morgan fingerprint density at radius 1 is 1.08 bits per heavy atom. The molecular formula is C23H22F6O7. The van der Waals surface area contributed by atoms with Crippen molar-refractivity contribution in [3.63, 3.8) is 0 Å². The third kappa shape index (κ3) is 6.45. The van der Waals surface area contributed by atoms with Gasteiger partial charge in [-0.3, -0.25) is 4.79 Å². The summed E-state index contributed by atoms with van der Waals surface area (Å²) in [6, 6.07) is 3.81. The van der Waals surface area contributed by atoms with Gasteiger partial charge in [-0.2, -0.15) is 26.3 Å². The number of ether oxygens (including phenoxy) is 4. The standard InChI is InChI=1S/C23H22F6O7/c1-5-15(34-19(31)12(2)3)10-21(22(24,25)26,23(27,28)29)33-11-13(4)20(32)35-16-7-6-14-8-18(30)36-17(14)9-16/h6-7,9,15H,2,4-5,8,10-11H2,1,3H3. The lowest BCUT2D eigenvalue weighted by molar-refractivity contribution is -0.385. The Morgan fingerprint density at radius 3 is 2.22 bits per heavy atom. The Hall–Kier alpha value is -3.35. The smallest absolute Gasteiger partial charge is 0.426 e. The van der Waals surface area contributed by atoms with E-state index >= 15 is 0 Å². The number of halogens is 6. The van der Waals surface area contributed by atoms with Crippen molar-refractivity contribution in [3.05, 3.63) is 48.1 Å². The number of benzene rings is 1. The third-order valence-electron chi connectivity index (χ3n) is 5.10. The maximum Gasteiger partial charge on any atom is 0.426 e. The van der Waals surface area contributed by atoms with Crippen molar-refractivity contribution >= 4 is 17.9 Å². The highest BCUT2D eigenvalue weighted by molar-refractivity contribution is 5.90. The Bertz CT molecular complexity index is 1040. The summed E-state index contributed by atoms with van der Waals surface area (Å²) in [4.78, 5) is 35.2. The SMILES string of the molecule is C=C(C)C(=O)OC(CC)CC(OCC(=C)C(=O)Oc1ccc2c(c1)OC(=O)C2)(C(F)(F)F)C(F)(F)F. The van der Waals surface area contributed by atoms with Crippen LogP contribution in [-0.2, 0) is 30.3 Å². The molecule has 13 heteroatoms. The molecule has 0 saturated heterocycles. The van der Waals surface area contributed by atoms with Crippen LogP contribution in [0.4, 0.5) is 26.3 Å². The highest BCUT2D eigenvalue weighted by atomic mass is 19.4. The van der Waals surface area contributed by atoms with Gasteiger partial charge in [0.2, 0.25) is 0 Å². The van der Waals surface area contributed by atoms with Crippen molar-refractivity contribution in [2.75, 3.05) is 6.61 Å². The van der Waals surface area contributed by atoms with Gasteiger partial charge in [0.1, 0.15) is 17.6 Å². The van der Waals surface area contributed by atoms with Crippen LogP contribution in [0.25, 0.3) is 0 Å². The Labute approximate surface area is 201 Å². The largest absolute Gasteiger partial charge is 0.459 e. The highest BCUT2D eigenvalue weighted by Gasteiger charge is 2.73. The van der Waals surface area contributed by atoms with Gasteiger partial charge in [0.25, 0.3) is 5.60 Å². The molecule has 1 aromatic rings. The molecule has 198 valence electrons. The second-order valence-electron chi connectivity index (χ2n) is 7.94. The van der Waals surface area contributed by atoms with Gasteiger partial charge in [-0.1, -0.05) is 26.1 Å². The maximum absolute atomic E-state index is 13.8. The first-order valence-corrected chi connectivity index (χ1v) is 10.4. The van der Waals surface area contributed by atoms with E-state index in [2.05, 4.69) is 17.9 Å². The molecule has 1 heterocycles. The van der Waals surface area contributed by atoms with Crippen LogP contribution in [0, 0.1) is 0 Å². The van der Waals surface area contributed by atoms with Crippen molar-refractivity contribution in [1.29, 1.82) is 0 Å². The van der Waals surface area contributed by atoms with Crippen LogP contribution >= 0.6 is 0 Å². The average molecular weight is 524 g/mol. The Morgan fingerprint density at radius 2 is 1.69 bits per heavy atom. The molecule has 0 aromatic heterocycles. The van der Waals surface area contributed by atoms with E-state index in [9.17, 15) is 40.7 Å². The zero-order valence-corrected chi connectivity index (χ0v) is 19.2. The fourth-order valence-electron chi connectivity index (χ4n) is 3.06. The molecule has 0 saturated carbocycles. The van der Waals surface area contributed by atoms with Crippen molar-refractivity contribution in [1.82, 2.24) is 0 Å². The summed E-state index contributed by atoms with van der Waals surface area (Å²) < 4.78 is 102. The predicted molar refractivity (Wildman–Crippen MR) is 111 cm³/mol. The van der Waals surface area contributed by atoms with Crippen LogP contribution in [0.1, 0.15) is 32.3 Å². The number of carbonyl (C=O) groups is 3. The van der Waals surface area contributed by atoms with Gasteiger partial charge >= 0.3 is 30.3 Å². The molecule has 1 aliphatic heterocycles. The van der Waals surface area contributed by atoms with Gasteiger partial charge in [0.15, 0.2) is 0 Å². The molecule has 0 aliphatic carbocycles. The highest BCUT2D eigenvalue weighted by Crippen LogP contribution is 2.49. The summed E-state index contributed by atoms with van der Waals surface area (Å²) in [5.74, 6) is -3.20. The van der Waals surface area contributed by atoms with Crippen LogP contribution in [-0.4, -0.2) is 48.6 Å². The lowest BCUT2D eigenvalue weighted by atomic mass is 9.92. The summed E-state index contributed by atoms with van der Waals surface area (Å²) in [5.41, 5.74) is -5.38. The number of esters is 3. The summed E-state index contributed by atoms with van der Waals surface area (Å²) in [6.07, 6.45) is -16.1. The third-order valence-corrected chi connectivity index (χ3v) is 5.10. The number of fused-ring (bicyclic) bond motifs is 1. The van der Waals surface area contributed by atoms with Crippen LogP contribution in [0.2, 0.25) is 0 Å². The lowest BCUT2D eigenvalue weighted by Gasteiger charge is -2.39. The summed E-state index contributed by atoms with van der Waals surface area (Å²) >= 11 is 0. The van der Waals surface area contributed by atoms with Gasteiger partial charge in [-0.05, 0) is 19.4 Å². The number of hydrogen-bond acceptors (Lipinski definition) is 7. The molecule has 0 bridgehead atoms. The van der Waals surface area contributed by atoms with E-state index in [1.165, 1.54) is 26.0 Å². The molecule has 0 spiro atoms. The predicted octanol–water partition coefficient (Wildman–Crippen LogP) is 4.78. The minimum absolute atomic E-state index is 0.0124. The molecule has 36 heavy (non-hydrogen) atoms. The first-order chi connectivity index (χ1) is 16.5. The number of hydrogen-bond donors (Lipinski definition) is 0. The van der Waals surface area contributed by atoms with E-state index in [0.29, 0.717) is 5.56 Å². The van der Waals surface area contributed by atoms with E-state index in [-0.39, 0.29) is 23.5 Å². The molecule has 2 rings (SSSR count). The summed E-state index contributed by atoms with van der Waals surface area (Å²) in [7, 11) is 0. The molecule has 1 unspecified atom stereocenters. The molecule has 1 aliphatic rings. The zero-order chi connectivity index (χ0) is 27.5. The fraction of sp³-hybridized carbons (Fsp3) is 0.435. The minimum Gasteiger partial charge on any atom is -0.459 e. The van der Waals surface area contributed by atoms with Gasteiger partial charge in [-0.15, -0.1) is 0 Å². The van der Waals surface area contributed by atoms with E-state index in [0.717, 1.165) is 6.07 Å². The van der Waals surface area contributed by atoms with E-state index in [1.54, 1.807) is 0 Å². The second-order valence-corrected chi connectivity index (χ2v) is 7.94. The minimum atomic E-state index is -6.01. The summed E-state index contributed by atoms with van der Waals surface area (Å²) in [5, 5.41) is 0. The topological polar surface area (TPSA) is 88.1 Å². The quantitative estimate of drug-likeness (QED) is 0.189. The molecule has 7 nitrogen and oxygen atoms in total. The second kappa shape index (κ2) is 10.7. The number of alkyl halides is 6. The number of carbonyl (C=O) groups excluding carboxylic acids is 3. The zero-order valence-electron chi connectivity index (χ0n) is 19.2. The molecule has 0 N–H and O–H groups in total. The lowest BCUT2D eigenvalue weighted by Crippen LogP contribution is -2.60. The van der Waals surface area contributed by atoms with Crippen LogP contribution < -0.4 is 9.47 Å². The molecule has 0 radical (unpaired) electrons. The van der Waals surface area contributed by atoms with E-state index in [4.69, 9.17) is 14.2 Å². The van der Waals surface area contributed by atoms with Crippen molar-refractivity contribution in [2.45, 2.75) is 57.2 Å². The monoisotopic (exact) mass is 524 g/mol. The van der Waals surface area contributed by atoms with Crippen LogP contribution in [0.15, 0.2) is 42.5 Å². The van der Waals surface area contributed by atoms with Gasteiger partial charge < -0.3 is 18.9 Å². The van der Waals surface area contributed by atoms with Gasteiger partial charge in [-0.25, -0.2) is 9.59 Å². The van der Waals surface area contributed by atoms with E-state index < -0.39 is 67.0 Å². The molecule has 1 aromatic carbocycles. The first kappa shape index (κ1) is 28.9. The van der Waals surface area contributed by atoms with E-state index in [1.807, 2.05) is 0 Å². The fourth-order valence-corrected chi connectivity index (χ4v) is 3.06. The molecule has 0 fully saturated rings. The van der Waals surface area contributed by atoms with Crippen molar-refractivity contribution < 1.29 is 59.7 Å². The molecule has 0 amide bonds. The molecular weight excluding hydrogens is 502 g/mol. The van der Waals surface area contributed by atoms with Gasteiger partial charge in [0.05, 0.1) is 18.6 Å². The normalized spacial score (nSPS) is 14.5. The first-order valence-electron chi connectivity index (χ1n) is 10.4. The van der Waals surface area contributed by atoms with Crippen LogP contribution in [0.3, 0.4) is 0 Å². The average Bonchev–Trinajstić information content (AvgIpc) is 3.12. The Balaban J connectivity index is 2.21. The molecule has 1 atom stereocenters. The Kier molecular flexibility index (Phi) is 8.61. The van der Waals surface area contributed by atoms with Crippen molar-refractivity contribution in [3.8, 4) is 11.5 Å². The number of rotatable bonds is 10. The van der Waals surface area contributed by atoms with Crippen molar-refractivity contribution in [2.24, 2.45) is 0 Å².